The van der Waals surface area contributed by atoms with Crippen molar-refractivity contribution < 1.29 is 9.90 Å². The lowest BCUT2D eigenvalue weighted by Gasteiger charge is -2.60. The molecule has 0 aliphatic heterocycles. The van der Waals surface area contributed by atoms with Crippen LogP contribution in [0.4, 0.5) is 0 Å². The van der Waals surface area contributed by atoms with Crippen molar-refractivity contribution in [3.8, 4) is 0 Å². The molecule has 1 N–H and O–H groups in total. The Hall–Kier alpha value is -0.370. The van der Waals surface area contributed by atoms with Gasteiger partial charge in [0, 0.05) is 12.3 Å². The number of hydrogen-bond acceptors (Lipinski definition) is 2. The first-order valence-electron chi connectivity index (χ1n) is 13.4. The molecule has 0 bridgehead atoms. The maximum absolute atomic E-state index is 13.3. The summed E-state index contributed by atoms with van der Waals surface area (Å²) in [6.07, 6.45) is 14.1. The van der Waals surface area contributed by atoms with Crippen LogP contribution in [0, 0.1) is 52.3 Å². The summed E-state index contributed by atoms with van der Waals surface area (Å²) < 4.78 is 0. The van der Waals surface area contributed by atoms with Crippen LogP contribution in [0.5, 0.6) is 0 Å². The number of fused-ring (bicyclic) bond motifs is 5. The zero-order chi connectivity index (χ0) is 21.7. The molecule has 4 saturated carbocycles. The highest BCUT2D eigenvalue weighted by atomic mass is 16.3. The van der Waals surface area contributed by atoms with Gasteiger partial charge >= 0.3 is 0 Å². The Morgan fingerprint density at radius 1 is 0.967 bits per heavy atom. The molecule has 4 aliphatic carbocycles. The second kappa shape index (κ2) is 8.53. The quantitative estimate of drug-likeness (QED) is 0.504. The van der Waals surface area contributed by atoms with Gasteiger partial charge in [-0.15, -0.1) is 0 Å². The number of Topliss-reactive ketones (excluding diaryl/α,β-unsaturated/α-hetero) is 1. The average molecular weight is 417 g/mol. The standard InChI is InChI=1S/C28H48O2/c1-6-19(7-2)9-8-18(3)22-12-13-23-21-16-26(30)25-11-10-20(29)17-28(25,5)24(21)14-15-27(22,23)4/h18-25,29H,6-17H2,1-5H3/t18-,20+,21+,22-,23+,24+,25-,27-,28-/m1/s1. The normalized spacial score (nSPS) is 47.0. The average Bonchev–Trinajstić information content (AvgIpc) is 3.05. The van der Waals surface area contributed by atoms with Crippen LogP contribution >= 0.6 is 0 Å². The molecular formula is C28H48O2. The van der Waals surface area contributed by atoms with Crippen LogP contribution in [0.25, 0.3) is 0 Å². The number of ketones is 1. The Kier molecular flexibility index (Phi) is 6.48. The Bertz CT molecular complexity index is 624. The summed E-state index contributed by atoms with van der Waals surface area (Å²) >= 11 is 0. The summed E-state index contributed by atoms with van der Waals surface area (Å²) in [5, 5.41) is 10.5. The third-order valence-corrected chi connectivity index (χ3v) is 11.3. The largest absolute Gasteiger partial charge is 0.393 e. The summed E-state index contributed by atoms with van der Waals surface area (Å²) in [6, 6.07) is 0. The van der Waals surface area contributed by atoms with Gasteiger partial charge in [0.15, 0.2) is 0 Å². The molecule has 0 radical (unpaired) electrons. The number of aliphatic hydroxyl groups is 1. The first kappa shape index (κ1) is 22.8. The van der Waals surface area contributed by atoms with Crippen molar-refractivity contribution in [2.75, 3.05) is 0 Å². The third-order valence-electron chi connectivity index (χ3n) is 11.3. The molecular weight excluding hydrogens is 368 g/mol. The predicted molar refractivity (Wildman–Crippen MR) is 124 cm³/mol. The summed E-state index contributed by atoms with van der Waals surface area (Å²) in [4.78, 5) is 13.3. The summed E-state index contributed by atoms with van der Waals surface area (Å²) in [6.45, 7) is 12.2. The minimum Gasteiger partial charge on any atom is -0.393 e. The van der Waals surface area contributed by atoms with Crippen LogP contribution in [-0.2, 0) is 4.79 Å². The molecule has 172 valence electrons. The van der Waals surface area contributed by atoms with E-state index in [1.807, 2.05) is 0 Å². The third kappa shape index (κ3) is 3.61. The highest BCUT2D eigenvalue weighted by Gasteiger charge is 2.62. The van der Waals surface area contributed by atoms with Crippen LogP contribution in [0.3, 0.4) is 0 Å². The van der Waals surface area contributed by atoms with Crippen LogP contribution in [-0.4, -0.2) is 17.0 Å². The molecule has 0 aromatic carbocycles. The monoisotopic (exact) mass is 416 g/mol. The van der Waals surface area contributed by atoms with Crippen molar-refractivity contribution in [2.45, 2.75) is 118 Å². The van der Waals surface area contributed by atoms with Crippen LogP contribution in [0.2, 0.25) is 0 Å². The van der Waals surface area contributed by atoms with Gasteiger partial charge in [-0.3, -0.25) is 4.79 Å². The minimum atomic E-state index is -0.187. The molecule has 0 aromatic rings. The van der Waals surface area contributed by atoms with Gasteiger partial charge in [0.2, 0.25) is 0 Å². The first-order valence-corrected chi connectivity index (χ1v) is 13.4. The van der Waals surface area contributed by atoms with Crippen molar-refractivity contribution >= 4 is 5.78 Å². The van der Waals surface area contributed by atoms with E-state index in [4.69, 9.17) is 0 Å². The van der Waals surface area contributed by atoms with Gasteiger partial charge in [-0.25, -0.2) is 0 Å². The molecule has 4 rings (SSSR count). The second-order valence-electron chi connectivity index (χ2n) is 12.5. The zero-order valence-electron chi connectivity index (χ0n) is 20.5. The van der Waals surface area contributed by atoms with Gasteiger partial charge in [-0.05, 0) is 91.3 Å². The van der Waals surface area contributed by atoms with Gasteiger partial charge in [-0.2, -0.15) is 0 Å². The summed E-state index contributed by atoms with van der Waals surface area (Å²) in [5.41, 5.74) is 0.490. The summed E-state index contributed by atoms with van der Waals surface area (Å²) in [7, 11) is 0. The number of carbonyl (C=O) groups excluding carboxylic acids is 1. The van der Waals surface area contributed by atoms with Crippen LogP contribution in [0.15, 0.2) is 0 Å². The van der Waals surface area contributed by atoms with Gasteiger partial charge in [0.05, 0.1) is 6.10 Å². The number of carbonyl (C=O) groups is 1. The molecule has 0 saturated heterocycles. The highest BCUT2D eigenvalue weighted by molar-refractivity contribution is 5.83. The lowest BCUT2D eigenvalue weighted by Crippen LogP contribution is -2.57. The Morgan fingerprint density at radius 3 is 2.37 bits per heavy atom. The predicted octanol–water partition coefficient (Wildman–Crippen LogP) is 7.04. The van der Waals surface area contributed by atoms with E-state index in [0.717, 1.165) is 49.4 Å². The first-order chi connectivity index (χ1) is 14.2. The number of aliphatic hydroxyl groups excluding tert-OH is 1. The lowest BCUT2D eigenvalue weighted by atomic mass is 9.44. The smallest absolute Gasteiger partial charge is 0.136 e. The molecule has 4 fully saturated rings. The van der Waals surface area contributed by atoms with E-state index in [0.29, 0.717) is 23.0 Å². The van der Waals surface area contributed by atoms with E-state index < -0.39 is 0 Å². The molecule has 0 unspecified atom stereocenters. The maximum atomic E-state index is 13.3. The Labute approximate surface area is 186 Å². The fourth-order valence-corrected chi connectivity index (χ4v) is 9.52. The Balaban J connectivity index is 1.51. The van der Waals surface area contributed by atoms with Gasteiger partial charge in [0.25, 0.3) is 0 Å². The van der Waals surface area contributed by atoms with Gasteiger partial charge < -0.3 is 5.11 Å². The molecule has 0 spiro atoms. The van der Waals surface area contributed by atoms with E-state index in [1.165, 1.54) is 51.4 Å². The topological polar surface area (TPSA) is 37.3 Å². The maximum Gasteiger partial charge on any atom is 0.136 e. The second-order valence-corrected chi connectivity index (χ2v) is 12.5. The molecule has 30 heavy (non-hydrogen) atoms. The van der Waals surface area contributed by atoms with Gasteiger partial charge in [-0.1, -0.05) is 60.3 Å². The minimum absolute atomic E-state index is 0.0537. The van der Waals surface area contributed by atoms with E-state index in [9.17, 15) is 9.90 Å². The van der Waals surface area contributed by atoms with Crippen molar-refractivity contribution in [2.24, 2.45) is 52.3 Å². The van der Waals surface area contributed by atoms with Crippen LogP contribution in [0.1, 0.15) is 112 Å². The SMILES string of the molecule is CCC(CC)CC[C@@H](C)[C@H]1CC[C@H]2[C@@H]3CC(=O)[C@H]4CC[C@H](O)C[C@]4(C)[C@H]3CC[C@]12C. The van der Waals surface area contributed by atoms with E-state index in [-0.39, 0.29) is 17.4 Å². The fraction of sp³-hybridized carbons (Fsp3) is 0.964. The molecule has 2 nitrogen and oxygen atoms in total. The highest BCUT2D eigenvalue weighted by Crippen LogP contribution is 2.67. The zero-order valence-corrected chi connectivity index (χ0v) is 20.5. The van der Waals surface area contributed by atoms with E-state index in [1.54, 1.807) is 0 Å². The van der Waals surface area contributed by atoms with Crippen molar-refractivity contribution in [1.29, 1.82) is 0 Å². The molecule has 9 atom stereocenters. The molecule has 4 aliphatic rings. The van der Waals surface area contributed by atoms with E-state index >= 15 is 0 Å². The molecule has 0 heterocycles. The Morgan fingerprint density at radius 2 is 1.67 bits per heavy atom. The van der Waals surface area contributed by atoms with Crippen LogP contribution < -0.4 is 0 Å². The van der Waals surface area contributed by atoms with Crippen molar-refractivity contribution in [3.05, 3.63) is 0 Å². The van der Waals surface area contributed by atoms with Crippen molar-refractivity contribution in [3.63, 3.8) is 0 Å². The number of rotatable bonds is 6. The van der Waals surface area contributed by atoms with Gasteiger partial charge in [0.1, 0.15) is 5.78 Å². The molecule has 2 heteroatoms. The fourth-order valence-electron chi connectivity index (χ4n) is 9.52. The van der Waals surface area contributed by atoms with E-state index in [2.05, 4.69) is 34.6 Å². The lowest BCUT2D eigenvalue weighted by molar-refractivity contribution is -0.160. The number of hydrogen-bond donors (Lipinski definition) is 1. The van der Waals surface area contributed by atoms with Crippen molar-refractivity contribution in [1.82, 2.24) is 0 Å². The summed E-state index contributed by atoms with van der Waals surface area (Å²) in [5.74, 6) is 5.30. The molecule has 0 amide bonds. The molecule has 0 aromatic heterocycles.